The predicted octanol–water partition coefficient (Wildman–Crippen LogP) is 0.876. The van der Waals surface area contributed by atoms with Crippen LogP contribution in [0.25, 0.3) is 17.3 Å². The van der Waals surface area contributed by atoms with Crippen LogP contribution >= 0.6 is 36.0 Å². The number of rotatable bonds is 3. The van der Waals surface area contributed by atoms with E-state index >= 15 is 0 Å². The predicted molar refractivity (Wildman–Crippen MR) is 104 cm³/mol. The van der Waals surface area contributed by atoms with E-state index in [-0.39, 0.29) is 21.3 Å². The SMILES string of the molecule is OC[C@H]1O[C@@H](n2c(=S)nc3oc(-c4ccc(Cl)cc4)nn3c2=S)[C@H](O)[C@@H](O)[C@H]1O. The van der Waals surface area contributed by atoms with Gasteiger partial charge in [-0.25, -0.2) is 0 Å². The van der Waals surface area contributed by atoms with Crippen LogP contribution in [-0.4, -0.2) is 70.6 Å². The van der Waals surface area contributed by atoms with Crippen LogP contribution in [-0.2, 0) is 4.74 Å². The molecular weight excluding hydrogens is 444 g/mol. The van der Waals surface area contributed by atoms with Crippen molar-refractivity contribution in [2.75, 3.05) is 6.61 Å². The van der Waals surface area contributed by atoms with Gasteiger partial charge < -0.3 is 29.6 Å². The Morgan fingerprint density at radius 3 is 2.41 bits per heavy atom. The lowest BCUT2D eigenvalue weighted by atomic mass is 9.98. The summed E-state index contributed by atoms with van der Waals surface area (Å²) in [6.07, 6.45) is -7.11. The van der Waals surface area contributed by atoms with Crippen LogP contribution in [0.4, 0.5) is 0 Å². The van der Waals surface area contributed by atoms with Crippen LogP contribution in [0.2, 0.25) is 5.02 Å². The molecule has 0 spiro atoms. The number of halogens is 1. The third kappa shape index (κ3) is 3.51. The third-order valence-electron chi connectivity index (χ3n) is 4.56. The van der Waals surface area contributed by atoms with Crippen molar-refractivity contribution in [2.24, 2.45) is 0 Å². The van der Waals surface area contributed by atoms with Crippen molar-refractivity contribution in [2.45, 2.75) is 30.6 Å². The normalized spacial score (nSPS) is 27.4. The van der Waals surface area contributed by atoms with Gasteiger partial charge in [0, 0.05) is 10.6 Å². The highest BCUT2D eigenvalue weighted by Crippen LogP contribution is 2.29. The van der Waals surface area contributed by atoms with Gasteiger partial charge in [0.25, 0.3) is 0 Å². The van der Waals surface area contributed by atoms with Gasteiger partial charge in [-0.15, -0.1) is 5.10 Å². The molecule has 1 saturated heterocycles. The van der Waals surface area contributed by atoms with E-state index in [1.807, 2.05) is 0 Å². The van der Waals surface area contributed by atoms with E-state index in [1.165, 1.54) is 4.52 Å². The largest absolute Gasteiger partial charge is 0.403 e. The highest BCUT2D eigenvalue weighted by molar-refractivity contribution is 7.72. The molecule has 4 rings (SSSR count). The van der Waals surface area contributed by atoms with Gasteiger partial charge in [0.2, 0.25) is 15.4 Å². The maximum Gasteiger partial charge on any atom is 0.330 e. The number of aromatic nitrogens is 4. The summed E-state index contributed by atoms with van der Waals surface area (Å²) >= 11 is 16.6. The Hall–Kier alpha value is -1.77. The van der Waals surface area contributed by atoms with Crippen molar-refractivity contribution in [1.29, 1.82) is 0 Å². The maximum atomic E-state index is 10.4. The molecule has 0 radical (unpaired) electrons. The standard InChI is InChI=1S/C16H15ClN4O6S2/c17-7-3-1-6(2-4-7)12-19-21-14(27-12)18-15(28)20(16(21)29)13-11(25)10(24)9(23)8(5-22)26-13/h1-4,8-11,13,22-25H,5H2/t8-,9+,10+,11-,13-/m1/s1. The second kappa shape index (κ2) is 7.81. The first kappa shape index (κ1) is 20.5. The molecule has 4 N–H and O–H groups in total. The van der Waals surface area contributed by atoms with Crippen molar-refractivity contribution in [3.8, 4) is 11.5 Å². The van der Waals surface area contributed by atoms with Gasteiger partial charge in [0.05, 0.1) is 6.61 Å². The van der Waals surface area contributed by atoms with E-state index in [0.717, 1.165) is 4.57 Å². The molecule has 0 aliphatic carbocycles. The minimum absolute atomic E-state index is 0.0193. The molecule has 0 bridgehead atoms. The number of aliphatic hydroxyl groups is 4. The van der Waals surface area contributed by atoms with E-state index in [0.29, 0.717) is 10.6 Å². The quantitative estimate of drug-likeness (QED) is 0.418. The van der Waals surface area contributed by atoms with Gasteiger partial charge in [0.1, 0.15) is 24.4 Å². The van der Waals surface area contributed by atoms with Gasteiger partial charge >= 0.3 is 5.84 Å². The molecule has 154 valence electrons. The summed E-state index contributed by atoms with van der Waals surface area (Å²) in [6.45, 7) is -0.588. The summed E-state index contributed by atoms with van der Waals surface area (Å²) in [5.41, 5.74) is 0.625. The Balaban J connectivity index is 1.82. The lowest BCUT2D eigenvalue weighted by Gasteiger charge is -2.40. The third-order valence-corrected chi connectivity index (χ3v) is 5.47. The molecule has 0 saturated carbocycles. The molecule has 1 fully saturated rings. The molecule has 0 amide bonds. The number of aliphatic hydroxyl groups excluding tert-OH is 4. The number of hydrogen-bond acceptors (Lipinski definition) is 10. The van der Waals surface area contributed by atoms with Crippen molar-refractivity contribution >= 4 is 41.9 Å². The second-order valence-electron chi connectivity index (χ2n) is 6.37. The maximum absolute atomic E-state index is 10.4. The molecular formula is C16H15ClN4O6S2. The summed E-state index contributed by atoms with van der Waals surface area (Å²) in [4.78, 5) is 4.13. The van der Waals surface area contributed by atoms with Crippen LogP contribution in [0.3, 0.4) is 0 Å². The zero-order valence-electron chi connectivity index (χ0n) is 14.5. The first-order valence-electron chi connectivity index (χ1n) is 8.40. The summed E-state index contributed by atoms with van der Waals surface area (Å²) in [6, 6.07) is 6.75. The van der Waals surface area contributed by atoms with Crippen molar-refractivity contribution < 1.29 is 29.6 Å². The summed E-state index contributed by atoms with van der Waals surface area (Å²) in [5, 5.41) is 44.6. The average Bonchev–Trinajstić information content (AvgIpc) is 3.12. The molecule has 0 unspecified atom stereocenters. The number of nitrogens with zero attached hydrogens (tertiary/aromatic N) is 4. The van der Waals surface area contributed by atoms with Gasteiger partial charge in [-0.05, 0) is 48.7 Å². The van der Waals surface area contributed by atoms with Gasteiger partial charge in [-0.2, -0.15) is 9.50 Å². The molecule has 3 heterocycles. The zero-order chi connectivity index (χ0) is 20.9. The fourth-order valence-electron chi connectivity index (χ4n) is 3.02. The molecule has 2 aromatic heterocycles. The summed E-state index contributed by atoms with van der Waals surface area (Å²) < 4.78 is 13.4. The van der Waals surface area contributed by atoms with Crippen molar-refractivity contribution in [1.82, 2.24) is 19.2 Å². The van der Waals surface area contributed by atoms with Crippen molar-refractivity contribution in [3.05, 3.63) is 38.8 Å². The van der Waals surface area contributed by atoms with Gasteiger partial charge in [-0.1, -0.05) is 11.6 Å². The molecule has 1 aliphatic rings. The molecule has 1 aromatic carbocycles. The first-order valence-corrected chi connectivity index (χ1v) is 9.60. The van der Waals surface area contributed by atoms with Gasteiger partial charge in [-0.3, -0.25) is 4.57 Å². The molecule has 10 nitrogen and oxygen atoms in total. The van der Waals surface area contributed by atoms with E-state index in [9.17, 15) is 20.4 Å². The smallest absolute Gasteiger partial charge is 0.330 e. The topological polar surface area (TPSA) is 138 Å². The highest BCUT2D eigenvalue weighted by Gasteiger charge is 2.45. The van der Waals surface area contributed by atoms with E-state index in [1.54, 1.807) is 24.3 Å². The number of ether oxygens (including phenoxy) is 1. The lowest BCUT2D eigenvalue weighted by molar-refractivity contribution is -0.252. The Kier molecular flexibility index (Phi) is 5.52. The van der Waals surface area contributed by atoms with Crippen molar-refractivity contribution in [3.63, 3.8) is 0 Å². The Morgan fingerprint density at radius 2 is 1.76 bits per heavy atom. The molecule has 29 heavy (non-hydrogen) atoms. The summed E-state index contributed by atoms with van der Waals surface area (Å²) in [7, 11) is 0. The Labute approximate surface area is 178 Å². The average molecular weight is 459 g/mol. The van der Waals surface area contributed by atoms with Crippen LogP contribution < -0.4 is 0 Å². The fraction of sp³-hybridized carbons (Fsp3) is 0.375. The van der Waals surface area contributed by atoms with E-state index in [4.69, 9.17) is 45.2 Å². The van der Waals surface area contributed by atoms with Crippen LogP contribution in [0.5, 0.6) is 0 Å². The summed E-state index contributed by atoms with van der Waals surface area (Å²) in [5.74, 6) is 0.229. The van der Waals surface area contributed by atoms with Crippen LogP contribution in [0, 0.1) is 9.54 Å². The first-order chi connectivity index (χ1) is 13.8. The zero-order valence-corrected chi connectivity index (χ0v) is 16.9. The molecule has 1 aliphatic heterocycles. The van der Waals surface area contributed by atoms with Crippen LogP contribution in [0.1, 0.15) is 6.23 Å². The highest BCUT2D eigenvalue weighted by atomic mass is 35.5. The Bertz CT molecular complexity index is 1160. The minimum Gasteiger partial charge on any atom is -0.403 e. The fourth-order valence-corrected chi connectivity index (χ4v) is 3.78. The van der Waals surface area contributed by atoms with Crippen LogP contribution in [0.15, 0.2) is 28.7 Å². The number of benzene rings is 1. The molecule has 5 atom stereocenters. The van der Waals surface area contributed by atoms with E-state index < -0.39 is 37.3 Å². The monoisotopic (exact) mass is 458 g/mol. The van der Waals surface area contributed by atoms with E-state index in [2.05, 4.69) is 10.1 Å². The lowest BCUT2D eigenvalue weighted by Crippen LogP contribution is -2.56. The minimum atomic E-state index is -1.59. The Morgan fingerprint density at radius 1 is 1.07 bits per heavy atom. The molecule has 13 heteroatoms. The number of fused-ring (bicyclic) bond motifs is 1. The molecule has 3 aromatic rings. The van der Waals surface area contributed by atoms with Gasteiger partial charge in [0.15, 0.2) is 6.23 Å². The number of hydrogen-bond donors (Lipinski definition) is 4. The second-order valence-corrected chi connectivity index (χ2v) is 7.54.